The Balaban J connectivity index is 1.33. The van der Waals surface area contributed by atoms with Gasteiger partial charge in [-0.3, -0.25) is 4.90 Å². The van der Waals surface area contributed by atoms with E-state index in [9.17, 15) is 8.78 Å². The minimum Gasteiger partial charge on any atom is -0.492 e. The molecular formula is C24H26F2N4O3. The molecule has 0 aliphatic carbocycles. The first-order valence-corrected chi connectivity index (χ1v) is 10.8. The third-order valence-electron chi connectivity index (χ3n) is 5.30. The van der Waals surface area contributed by atoms with Gasteiger partial charge in [0.25, 0.3) is 0 Å². The molecule has 1 unspecified atom stereocenters. The summed E-state index contributed by atoms with van der Waals surface area (Å²) in [5.41, 5.74) is 1.02. The molecule has 0 saturated carbocycles. The van der Waals surface area contributed by atoms with Gasteiger partial charge in [-0.05, 0) is 42.0 Å². The maximum Gasteiger partial charge on any atom is 0.173 e. The minimum atomic E-state index is -0.751. The first-order chi connectivity index (χ1) is 16.2. The lowest BCUT2D eigenvalue weighted by molar-refractivity contribution is 0.0322. The molecule has 7 nitrogen and oxygen atoms in total. The summed E-state index contributed by atoms with van der Waals surface area (Å²) < 4.78 is 40.5. The fraction of sp³-hybridized carbons (Fsp3) is 0.333. The Morgan fingerprint density at radius 2 is 1.94 bits per heavy atom. The lowest BCUT2D eigenvalue weighted by atomic mass is 10.1. The Labute approximate surface area is 191 Å². The van der Waals surface area contributed by atoms with Gasteiger partial charge in [0.05, 0.1) is 32.3 Å². The van der Waals surface area contributed by atoms with Crippen LogP contribution in [-0.2, 0) is 16.1 Å². The third-order valence-corrected chi connectivity index (χ3v) is 5.30. The maximum atomic E-state index is 14.3. The first kappa shape index (κ1) is 22.9. The molecule has 0 N–H and O–H groups in total. The number of morpholine rings is 1. The van der Waals surface area contributed by atoms with Gasteiger partial charge >= 0.3 is 0 Å². The average Bonchev–Trinajstić information content (AvgIpc) is 3.34. The number of benzene rings is 2. The molecule has 0 spiro atoms. The van der Waals surface area contributed by atoms with Crippen molar-refractivity contribution < 1.29 is 23.1 Å². The van der Waals surface area contributed by atoms with Gasteiger partial charge in [-0.2, -0.15) is 0 Å². The molecular weight excluding hydrogens is 430 g/mol. The Morgan fingerprint density at radius 3 is 2.67 bits per heavy atom. The summed E-state index contributed by atoms with van der Waals surface area (Å²) in [5.74, 6) is -0.560. The molecule has 2 aromatic carbocycles. The number of hydrogen-bond donors (Lipinski definition) is 0. The third kappa shape index (κ3) is 6.84. The fourth-order valence-corrected chi connectivity index (χ4v) is 3.47. The number of hydrogen-bond acceptors (Lipinski definition) is 6. The molecule has 1 saturated heterocycles. The molecule has 1 aromatic heterocycles. The van der Waals surface area contributed by atoms with E-state index >= 15 is 0 Å². The summed E-state index contributed by atoms with van der Waals surface area (Å²) in [6.07, 6.45) is 5.74. The molecule has 174 valence electrons. The van der Waals surface area contributed by atoms with Crippen LogP contribution in [0.2, 0.25) is 0 Å². The van der Waals surface area contributed by atoms with Crippen LogP contribution in [0.5, 0.6) is 5.75 Å². The molecule has 0 radical (unpaired) electrons. The molecule has 33 heavy (non-hydrogen) atoms. The second-order valence-electron chi connectivity index (χ2n) is 7.63. The van der Waals surface area contributed by atoms with E-state index in [2.05, 4.69) is 15.0 Å². The molecule has 0 bridgehead atoms. The van der Waals surface area contributed by atoms with Crippen LogP contribution >= 0.6 is 0 Å². The largest absolute Gasteiger partial charge is 0.492 e. The van der Waals surface area contributed by atoms with Crippen molar-refractivity contribution in [2.45, 2.75) is 12.6 Å². The Kier molecular flexibility index (Phi) is 7.99. The average molecular weight is 456 g/mol. The fourth-order valence-electron chi connectivity index (χ4n) is 3.47. The summed E-state index contributed by atoms with van der Waals surface area (Å²) in [6.45, 7) is 5.15. The molecule has 4 rings (SSSR count). The van der Waals surface area contributed by atoms with Gasteiger partial charge in [0, 0.05) is 43.7 Å². The van der Waals surface area contributed by atoms with Crippen LogP contribution in [-0.4, -0.2) is 60.1 Å². The molecule has 3 aromatic rings. The van der Waals surface area contributed by atoms with Crippen LogP contribution in [0.25, 0.3) is 0 Å². The Bertz CT molecular complexity index is 1020. The van der Waals surface area contributed by atoms with E-state index in [4.69, 9.17) is 14.3 Å². The molecule has 1 aliphatic rings. The predicted octanol–water partition coefficient (Wildman–Crippen LogP) is 3.66. The van der Waals surface area contributed by atoms with Gasteiger partial charge < -0.3 is 18.9 Å². The van der Waals surface area contributed by atoms with Gasteiger partial charge in [0.2, 0.25) is 0 Å². The Morgan fingerprint density at radius 1 is 1.12 bits per heavy atom. The van der Waals surface area contributed by atoms with Crippen LogP contribution in [0, 0.1) is 11.6 Å². The minimum absolute atomic E-state index is 0.214. The van der Waals surface area contributed by atoms with Crippen LogP contribution in [0.4, 0.5) is 8.78 Å². The standard InChI is InChI=1S/C24H26F2N4O3/c25-20-3-6-22(23(26)15-20)24(17-30-8-7-27-18-30)33-28-16-19-1-4-21(5-2-19)32-14-11-29-9-12-31-13-10-29/h1-8,15-16,18,24H,9-14,17H2/b28-16+. The summed E-state index contributed by atoms with van der Waals surface area (Å²) >= 11 is 0. The monoisotopic (exact) mass is 456 g/mol. The van der Waals surface area contributed by atoms with E-state index in [0.717, 1.165) is 50.2 Å². The SMILES string of the molecule is Fc1ccc(C(Cn2ccnc2)O/N=C/c2ccc(OCCN3CCOCC3)cc2)c(F)c1. The molecule has 1 aliphatic heterocycles. The summed E-state index contributed by atoms with van der Waals surface area (Å²) in [5, 5.41) is 4.04. The van der Waals surface area contributed by atoms with Crippen molar-refractivity contribution in [2.75, 3.05) is 39.5 Å². The second kappa shape index (κ2) is 11.5. The molecule has 1 fully saturated rings. The Hall–Kier alpha value is -3.30. The van der Waals surface area contributed by atoms with Crippen molar-refractivity contribution in [3.05, 3.63) is 83.9 Å². The summed E-state index contributed by atoms with van der Waals surface area (Å²) in [4.78, 5) is 11.9. The van der Waals surface area contributed by atoms with Crippen molar-refractivity contribution in [3.63, 3.8) is 0 Å². The highest BCUT2D eigenvalue weighted by molar-refractivity contribution is 5.79. The van der Waals surface area contributed by atoms with Crippen LogP contribution in [0.3, 0.4) is 0 Å². The summed E-state index contributed by atoms with van der Waals surface area (Å²) in [6, 6.07) is 10.9. The number of aromatic nitrogens is 2. The van der Waals surface area contributed by atoms with Crippen molar-refractivity contribution in [2.24, 2.45) is 5.16 Å². The zero-order valence-corrected chi connectivity index (χ0v) is 18.1. The highest BCUT2D eigenvalue weighted by Crippen LogP contribution is 2.24. The van der Waals surface area contributed by atoms with Gasteiger partial charge in [-0.25, -0.2) is 13.8 Å². The number of halogens is 2. The normalized spacial score (nSPS) is 15.6. The van der Waals surface area contributed by atoms with Gasteiger partial charge in [-0.1, -0.05) is 5.16 Å². The second-order valence-corrected chi connectivity index (χ2v) is 7.63. The van der Waals surface area contributed by atoms with Crippen LogP contribution < -0.4 is 4.74 Å². The first-order valence-electron chi connectivity index (χ1n) is 10.8. The lowest BCUT2D eigenvalue weighted by Gasteiger charge is -2.26. The van der Waals surface area contributed by atoms with E-state index in [-0.39, 0.29) is 12.1 Å². The van der Waals surface area contributed by atoms with Gasteiger partial charge in [0.1, 0.15) is 24.0 Å². The lowest BCUT2D eigenvalue weighted by Crippen LogP contribution is -2.38. The van der Waals surface area contributed by atoms with Crippen molar-refractivity contribution in [1.29, 1.82) is 0 Å². The van der Waals surface area contributed by atoms with Crippen LogP contribution in [0.1, 0.15) is 17.2 Å². The highest BCUT2D eigenvalue weighted by Gasteiger charge is 2.19. The zero-order valence-electron chi connectivity index (χ0n) is 18.1. The van der Waals surface area contributed by atoms with E-state index in [0.29, 0.717) is 6.61 Å². The van der Waals surface area contributed by atoms with Crippen LogP contribution in [0.15, 0.2) is 66.3 Å². The van der Waals surface area contributed by atoms with E-state index < -0.39 is 17.7 Å². The quantitative estimate of drug-likeness (QED) is 0.344. The number of rotatable bonds is 10. The van der Waals surface area contributed by atoms with E-state index in [1.165, 1.54) is 12.1 Å². The van der Waals surface area contributed by atoms with Gasteiger partial charge in [-0.15, -0.1) is 0 Å². The van der Waals surface area contributed by atoms with Gasteiger partial charge in [0.15, 0.2) is 6.10 Å². The highest BCUT2D eigenvalue weighted by atomic mass is 19.1. The van der Waals surface area contributed by atoms with Crippen molar-refractivity contribution in [1.82, 2.24) is 14.5 Å². The summed E-state index contributed by atoms with van der Waals surface area (Å²) in [7, 11) is 0. The molecule has 2 heterocycles. The molecule has 1 atom stereocenters. The molecule has 0 amide bonds. The smallest absolute Gasteiger partial charge is 0.173 e. The number of ether oxygens (including phenoxy) is 2. The van der Waals surface area contributed by atoms with E-state index in [1.54, 1.807) is 29.5 Å². The number of imidazole rings is 1. The predicted molar refractivity (Wildman–Crippen MR) is 119 cm³/mol. The van der Waals surface area contributed by atoms with E-state index in [1.807, 2.05) is 24.3 Å². The zero-order chi connectivity index (χ0) is 22.9. The number of oxime groups is 1. The van der Waals surface area contributed by atoms with Crippen molar-refractivity contribution >= 4 is 6.21 Å². The van der Waals surface area contributed by atoms with Crippen molar-refractivity contribution in [3.8, 4) is 5.75 Å². The molecule has 9 heteroatoms. The number of nitrogens with zero attached hydrogens (tertiary/aromatic N) is 4. The maximum absolute atomic E-state index is 14.3. The topological polar surface area (TPSA) is 61.1 Å².